The number of aliphatic carboxylic acids is 1. The highest BCUT2D eigenvalue weighted by Gasteiger charge is 2.66. The summed E-state index contributed by atoms with van der Waals surface area (Å²) in [5.41, 5.74) is -0.142. The highest BCUT2D eigenvalue weighted by molar-refractivity contribution is 14.1. The van der Waals surface area contributed by atoms with Gasteiger partial charge in [0.15, 0.2) is 1.79 Å². The van der Waals surface area contributed by atoms with Gasteiger partial charge in [0, 0.05) is 0 Å². The molecule has 0 aromatic carbocycles. The Morgan fingerprint density at radius 3 is 2.36 bits per heavy atom. The Morgan fingerprint density at radius 2 is 2.14 bits per heavy atom. The van der Waals surface area contributed by atoms with Crippen LogP contribution in [0.1, 0.15) is 13.8 Å². The van der Waals surface area contributed by atoms with Crippen molar-refractivity contribution in [2.24, 2.45) is 17.3 Å². The molecule has 0 spiro atoms. The van der Waals surface area contributed by atoms with Crippen LogP contribution in [0.25, 0.3) is 0 Å². The summed E-state index contributed by atoms with van der Waals surface area (Å²) in [5.74, 6) is -0.851. The minimum absolute atomic E-state index is 0.0958. The van der Waals surface area contributed by atoms with Crippen molar-refractivity contribution in [3.8, 4) is 0 Å². The first kappa shape index (κ1) is 13.8. The molecule has 0 aliphatic heterocycles. The van der Waals surface area contributed by atoms with Gasteiger partial charge in [-0.15, -0.1) is 0 Å². The number of carboxylic acids is 1. The molecular weight excluding hydrogens is 497 g/mol. The molecule has 4 atom stereocenters. The number of carboxylic acid groups (broad SMARTS) is 1. The Balaban J connectivity index is 2.79. The fourth-order valence-corrected chi connectivity index (χ4v) is 4.05. The van der Waals surface area contributed by atoms with Gasteiger partial charge in [0.1, 0.15) is 0 Å². The van der Waals surface area contributed by atoms with Crippen LogP contribution in [0.15, 0.2) is 0 Å². The number of hydrogen-bond donors (Lipinski definition) is 1. The van der Waals surface area contributed by atoms with Crippen LogP contribution in [0, 0.1) is 17.3 Å². The monoisotopic (exact) mass is 506 g/mol. The van der Waals surface area contributed by atoms with Crippen molar-refractivity contribution in [3.05, 3.63) is 0 Å². The summed E-state index contributed by atoms with van der Waals surface area (Å²) in [6, 6.07) is 0. The van der Waals surface area contributed by atoms with Gasteiger partial charge in [-0.3, -0.25) is 4.79 Å². The fraction of sp³-hybridized carbons (Fsp3) is 0.875. The summed E-state index contributed by atoms with van der Waals surface area (Å²) >= 11 is 13.8. The molecule has 2 nitrogen and oxygen atoms in total. The maximum Gasteiger partial charge on any atom is 0.307 e. The number of halogens is 4. The molecule has 1 N–H and O–H groups in total. The van der Waals surface area contributed by atoms with E-state index in [1.54, 1.807) is 0 Å². The second-order valence-electron chi connectivity index (χ2n) is 4.11. The summed E-state index contributed by atoms with van der Waals surface area (Å²) in [6.45, 7) is 3.96. The van der Waals surface area contributed by atoms with Crippen molar-refractivity contribution in [2.45, 2.75) is 19.6 Å². The highest BCUT2D eigenvalue weighted by atomic mass is 127. The summed E-state index contributed by atoms with van der Waals surface area (Å²) in [4.78, 5) is 11.0. The predicted octanol–water partition coefficient (Wildman–Crippen LogP) is 3.87. The lowest BCUT2D eigenvalue weighted by Gasteiger charge is -2.20. The van der Waals surface area contributed by atoms with Crippen molar-refractivity contribution in [2.75, 3.05) is 0 Å². The van der Waals surface area contributed by atoms with E-state index < -0.39 is 7.76 Å². The van der Waals surface area contributed by atoms with E-state index in [-0.39, 0.29) is 21.2 Å². The van der Waals surface area contributed by atoms with Gasteiger partial charge in [-0.05, 0) is 33.9 Å². The molecule has 0 heterocycles. The largest absolute Gasteiger partial charge is 0.481 e. The van der Waals surface area contributed by atoms with E-state index in [2.05, 4.69) is 61.1 Å². The number of hydrogen-bond acceptors (Lipinski definition) is 1. The number of carbonyl (C=O) groups is 1. The van der Waals surface area contributed by atoms with Crippen LogP contribution in [0.5, 0.6) is 0 Å². The molecule has 1 saturated carbocycles. The summed E-state index contributed by atoms with van der Waals surface area (Å²) < 4.78 is -0.462. The average Bonchev–Trinajstić information content (AvgIpc) is 2.49. The maximum absolute atomic E-state index is 11.0. The standard InChI is InChI=1S/C8H10BrClI2O2/c1-7(2)3(4(7)6(13)14)5(11)8(9,10)12/h3-5H,1-2H3,(H,13,14). The molecule has 6 heteroatoms. The highest BCUT2D eigenvalue weighted by Crippen LogP contribution is 2.65. The van der Waals surface area contributed by atoms with Crippen molar-refractivity contribution in [1.82, 2.24) is 0 Å². The van der Waals surface area contributed by atoms with Crippen LogP contribution < -0.4 is 0 Å². The Kier molecular flexibility index (Phi) is 4.11. The Labute approximate surface area is 124 Å². The molecule has 1 fully saturated rings. The topological polar surface area (TPSA) is 37.3 Å². The molecule has 0 aromatic heterocycles. The zero-order chi connectivity index (χ0) is 11.3. The Bertz CT molecular complexity index is 265. The molecule has 4 unspecified atom stereocenters. The average molecular weight is 507 g/mol. The van der Waals surface area contributed by atoms with Gasteiger partial charge < -0.3 is 5.11 Å². The first-order valence-electron chi connectivity index (χ1n) is 4.03. The van der Waals surface area contributed by atoms with Gasteiger partial charge in [0.05, 0.1) is 9.84 Å². The minimum atomic E-state index is -0.716. The third-order valence-electron chi connectivity index (χ3n) is 2.80. The van der Waals surface area contributed by atoms with Gasteiger partial charge in [-0.1, -0.05) is 64.0 Å². The van der Waals surface area contributed by atoms with Crippen LogP contribution in [0.2, 0.25) is 0 Å². The number of rotatable bonds is 3. The lowest BCUT2D eigenvalue weighted by molar-refractivity contribution is -0.139. The third kappa shape index (κ3) is 2.51. The molecule has 0 bridgehead atoms. The van der Waals surface area contributed by atoms with E-state index >= 15 is 0 Å². The second-order valence-corrected chi connectivity index (χ2v) is 11.6. The Hall–Kier alpha value is 1.70. The van der Waals surface area contributed by atoms with Crippen molar-refractivity contribution < 1.29 is 9.90 Å². The fourth-order valence-electron chi connectivity index (χ4n) is 1.90. The first-order chi connectivity index (χ1) is 6.10. The van der Waals surface area contributed by atoms with Crippen molar-refractivity contribution in [1.29, 1.82) is 0 Å². The van der Waals surface area contributed by atoms with Gasteiger partial charge in [0.2, 0.25) is 0 Å². The SMILES string of the molecule is CC1(C)C(C(=O)O)C1C(I)C(Cl)(Br)I. The summed E-state index contributed by atoms with van der Waals surface area (Å²) in [5, 5.41) is 9.01. The summed E-state index contributed by atoms with van der Waals surface area (Å²) in [7, 11) is 0. The molecule has 0 saturated heterocycles. The van der Waals surface area contributed by atoms with Gasteiger partial charge >= 0.3 is 5.97 Å². The molecule has 0 amide bonds. The molecule has 1 aliphatic rings. The third-order valence-corrected chi connectivity index (χ3v) is 8.33. The molecule has 1 rings (SSSR count). The van der Waals surface area contributed by atoms with Crippen LogP contribution in [-0.4, -0.2) is 16.8 Å². The van der Waals surface area contributed by atoms with Crippen molar-refractivity contribution >= 4 is 78.7 Å². The van der Waals surface area contributed by atoms with E-state index in [1.807, 2.05) is 13.8 Å². The predicted molar refractivity (Wildman–Crippen MR) is 77.7 cm³/mol. The lowest BCUT2D eigenvalue weighted by Crippen LogP contribution is -2.22. The molecule has 0 aromatic rings. The smallest absolute Gasteiger partial charge is 0.307 e. The normalized spacial score (nSPS) is 35.9. The molecular formula is C8H10BrClI2O2. The van der Waals surface area contributed by atoms with Crippen LogP contribution in [-0.2, 0) is 4.79 Å². The van der Waals surface area contributed by atoms with E-state index in [0.717, 1.165) is 0 Å². The van der Waals surface area contributed by atoms with Gasteiger partial charge in [-0.2, -0.15) is 0 Å². The van der Waals surface area contributed by atoms with Crippen LogP contribution in [0.3, 0.4) is 0 Å². The molecule has 14 heavy (non-hydrogen) atoms. The first-order valence-corrected chi connectivity index (χ1v) is 7.53. The van der Waals surface area contributed by atoms with Crippen LogP contribution in [0.4, 0.5) is 0 Å². The molecule has 0 radical (unpaired) electrons. The Morgan fingerprint density at radius 1 is 1.71 bits per heavy atom. The van der Waals surface area contributed by atoms with Crippen LogP contribution >= 0.6 is 72.7 Å². The minimum Gasteiger partial charge on any atom is -0.481 e. The molecule has 82 valence electrons. The summed E-state index contributed by atoms with van der Waals surface area (Å²) in [6.07, 6.45) is 0. The second kappa shape index (κ2) is 4.18. The van der Waals surface area contributed by atoms with E-state index in [9.17, 15) is 4.79 Å². The number of alkyl halides is 4. The van der Waals surface area contributed by atoms with Gasteiger partial charge in [0.25, 0.3) is 0 Å². The van der Waals surface area contributed by atoms with Crippen molar-refractivity contribution in [3.63, 3.8) is 0 Å². The molecule has 1 aliphatic carbocycles. The lowest BCUT2D eigenvalue weighted by atomic mass is 10.1. The van der Waals surface area contributed by atoms with E-state index in [0.29, 0.717) is 0 Å². The zero-order valence-corrected chi connectivity index (χ0v) is 14.3. The van der Waals surface area contributed by atoms with E-state index in [1.165, 1.54) is 0 Å². The zero-order valence-electron chi connectivity index (χ0n) is 7.60. The van der Waals surface area contributed by atoms with Gasteiger partial charge in [-0.25, -0.2) is 0 Å². The van der Waals surface area contributed by atoms with E-state index in [4.69, 9.17) is 16.7 Å². The maximum atomic E-state index is 11.0. The quantitative estimate of drug-likeness (QED) is 0.466.